The molecule has 0 saturated heterocycles. The van der Waals surface area contributed by atoms with Crippen LogP contribution in [0.2, 0.25) is 0 Å². The molecule has 1 aliphatic heterocycles. The van der Waals surface area contributed by atoms with Crippen molar-refractivity contribution in [2.24, 2.45) is 0 Å². The minimum absolute atomic E-state index is 0.0160. The highest BCUT2D eigenvalue weighted by Crippen LogP contribution is 2.38. The van der Waals surface area contributed by atoms with E-state index in [2.05, 4.69) is 22.0 Å². The monoisotopic (exact) mass is 499 g/mol. The Morgan fingerprint density at radius 1 is 1.30 bits per heavy atom. The van der Waals surface area contributed by atoms with Gasteiger partial charge in [-0.2, -0.15) is 5.26 Å². The number of thiocarbonyl (C=S) groups is 1. The van der Waals surface area contributed by atoms with Gasteiger partial charge < -0.3 is 20.9 Å². The number of hydrogen-bond donors (Lipinski definition) is 3. The van der Waals surface area contributed by atoms with Crippen molar-refractivity contribution in [2.45, 2.75) is 55.8 Å². The standard InChI is InChI=1S/C23H25N5O2S3/c1-13(32-19-6-4-3-5-18(19)26-23(31)25-15-7-8-15)21(30)27-22-17(11-24)16-9-10-28(14(2)29)12-20(16)33-22/h3-6,13,15H,7-10,12H2,1-2H3,(H,27,30)(H2,25,26,31). The van der Waals surface area contributed by atoms with Crippen molar-refractivity contribution in [3.05, 3.63) is 40.3 Å². The molecule has 1 unspecified atom stereocenters. The van der Waals surface area contributed by atoms with Gasteiger partial charge in [0, 0.05) is 29.3 Å². The minimum atomic E-state index is -0.391. The van der Waals surface area contributed by atoms with Crippen molar-refractivity contribution in [1.29, 1.82) is 5.26 Å². The summed E-state index contributed by atoms with van der Waals surface area (Å²) in [6.45, 7) is 4.47. The minimum Gasteiger partial charge on any atom is -0.360 e. The van der Waals surface area contributed by atoms with Crippen LogP contribution in [0.15, 0.2) is 29.2 Å². The zero-order chi connectivity index (χ0) is 23.5. The van der Waals surface area contributed by atoms with Gasteiger partial charge in [0.25, 0.3) is 0 Å². The summed E-state index contributed by atoms with van der Waals surface area (Å²) in [6.07, 6.45) is 2.90. The Kier molecular flexibility index (Phi) is 7.22. The van der Waals surface area contributed by atoms with Gasteiger partial charge in [-0.15, -0.1) is 23.1 Å². The van der Waals surface area contributed by atoms with Crippen molar-refractivity contribution in [3.63, 3.8) is 0 Å². The van der Waals surface area contributed by atoms with E-state index in [9.17, 15) is 14.9 Å². The van der Waals surface area contributed by atoms with Crippen LogP contribution in [0.5, 0.6) is 0 Å². The average Bonchev–Trinajstić information content (AvgIpc) is 3.52. The maximum atomic E-state index is 13.0. The molecule has 0 spiro atoms. The highest BCUT2D eigenvalue weighted by atomic mass is 32.2. The molecule has 1 fully saturated rings. The van der Waals surface area contributed by atoms with E-state index in [0.717, 1.165) is 33.9 Å². The highest BCUT2D eigenvalue weighted by molar-refractivity contribution is 8.00. The van der Waals surface area contributed by atoms with Gasteiger partial charge in [0.2, 0.25) is 11.8 Å². The normalized spacial score (nSPS) is 15.7. The van der Waals surface area contributed by atoms with E-state index in [1.807, 2.05) is 31.2 Å². The van der Waals surface area contributed by atoms with Crippen LogP contribution in [0.3, 0.4) is 0 Å². The lowest BCUT2D eigenvalue weighted by Gasteiger charge is -2.25. The van der Waals surface area contributed by atoms with Crippen LogP contribution in [0, 0.1) is 11.3 Å². The number of thioether (sulfide) groups is 1. The van der Waals surface area contributed by atoms with Gasteiger partial charge in [0.15, 0.2) is 5.11 Å². The molecule has 7 nitrogen and oxygen atoms in total. The second-order valence-electron chi connectivity index (χ2n) is 8.13. The van der Waals surface area contributed by atoms with E-state index in [4.69, 9.17) is 12.2 Å². The molecule has 2 aliphatic rings. The van der Waals surface area contributed by atoms with E-state index in [1.165, 1.54) is 23.1 Å². The Hall–Kier alpha value is -2.61. The number of para-hydroxylation sites is 1. The van der Waals surface area contributed by atoms with Crippen molar-refractivity contribution >= 4 is 62.9 Å². The van der Waals surface area contributed by atoms with Gasteiger partial charge in [-0.1, -0.05) is 12.1 Å². The quantitative estimate of drug-likeness (QED) is 0.407. The number of amides is 2. The average molecular weight is 500 g/mol. The van der Waals surface area contributed by atoms with E-state index in [1.54, 1.807) is 11.8 Å². The lowest BCUT2D eigenvalue weighted by atomic mass is 10.0. The van der Waals surface area contributed by atoms with E-state index < -0.39 is 5.25 Å². The summed E-state index contributed by atoms with van der Waals surface area (Å²) in [5, 5.41) is 19.9. The van der Waals surface area contributed by atoms with Crippen molar-refractivity contribution < 1.29 is 9.59 Å². The third-order valence-electron chi connectivity index (χ3n) is 5.57. The number of nitrogens with zero attached hydrogens (tertiary/aromatic N) is 2. The zero-order valence-electron chi connectivity index (χ0n) is 18.4. The largest absolute Gasteiger partial charge is 0.360 e. The summed E-state index contributed by atoms with van der Waals surface area (Å²) < 4.78 is 0. The van der Waals surface area contributed by atoms with Gasteiger partial charge in [-0.05, 0) is 56.1 Å². The first-order chi connectivity index (χ1) is 15.9. The molecular formula is C23H25N5O2S3. The number of carbonyl (C=O) groups is 2. The Labute approximate surface area is 206 Å². The Balaban J connectivity index is 1.43. The third kappa shape index (κ3) is 5.66. The lowest BCUT2D eigenvalue weighted by molar-refractivity contribution is -0.129. The summed E-state index contributed by atoms with van der Waals surface area (Å²) in [6, 6.07) is 10.5. The van der Waals surface area contributed by atoms with Crippen LogP contribution < -0.4 is 16.0 Å². The van der Waals surface area contributed by atoms with Crippen molar-refractivity contribution in [1.82, 2.24) is 10.2 Å². The molecule has 1 aliphatic carbocycles. The maximum Gasteiger partial charge on any atom is 0.238 e. The predicted molar refractivity (Wildman–Crippen MR) is 137 cm³/mol. The molecule has 1 saturated carbocycles. The van der Waals surface area contributed by atoms with Crippen LogP contribution in [0.4, 0.5) is 10.7 Å². The first kappa shape index (κ1) is 23.5. The third-order valence-corrected chi connectivity index (χ3v) is 8.10. The molecule has 1 atom stereocenters. The molecule has 0 radical (unpaired) electrons. The van der Waals surface area contributed by atoms with E-state index >= 15 is 0 Å². The second kappa shape index (κ2) is 10.1. The number of rotatable bonds is 6. The van der Waals surface area contributed by atoms with E-state index in [0.29, 0.717) is 41.2 Å². The van der Waals surface area contributed by atoms with Gasteiger partial charge in [-0.3, -0.25) is 9.59 Å². The number of fused-ring (bicyclic) bond motifs is 1. The number of anilines is 2. The van der Waals surface area contributed by atoms with Gasteiger partial charge >= 0.3 is 0 Å². The molecule has 2 aromatic rings. The van der Waals surface area contributed by atoms with Crippen LogP contribution in [0.25, 0.3) is 0 Å². The summed E-state index contributed by atoms with van der Waals surface area (Å²) in [5.74, 6) is -0.158. The Morgan fingerprint density at radius 2 is 2.06 bits per heavy atom. The molecule has 1 aromatic carbocycles. The summed E-state index contributed by atoms with van der Waals surface area (Å²) in [7, 11) is 0. The molecule has 0 bridgehead atoms. The Bertz CT molecular complexity index is 1140. The van der Waals surface area contributed by atoms with Gasteiger partial charge in [-0.25, -0.2) is 0 Å². The highest BCUT2D eigenvalue weighted by Gasteiger charge is 2.27. The predicted octanol–water partition coefficient (Wildman–Crippen LogP) is 4.09. The fourth-order valence-corrected chi connectivity index (χ4v) is 6.02. The number of nitrogens with one attached hydrogen (secondary N) is 3. The first-order valence-corrected chi connectivity index (χ1v) is 12.9. The fraction of sp³-hybridized carbons (Fsp3) is 0.391. The summed E-state index contributed by atoms with van der Waals surface area (Å²) in [4.78, 5) is 28.4. The zero-order valence-corrected chi connectivity index (χ0v) is 20.9. The molecule has 33 heavy (non-hydrogen) atoms. The van der Waals surface area contributed by atoms with Gasteiger partial charge in [0.05, 0.1) is 23.0 Å². The molecule has 2 heterocycles. The van der Waals surface area contributed by atoms with Crippen molar-refractivity contribution in [2.75, 3.05) is 17.2 Å². The first-order valence-electron chi connectivity index (χ1n) is 10.8. The molecule has 10 heteroatoms. The molecule has 1 aromatic heterocycles. The van der Waals surface area contributed by atoms with Crippen LogP contribution >= 0.6 is 35.3 Å². The van der Waals surface area contributed by atoms with Gasteiger partial charge in [0.1, 0.15) is 11.1 Å². The number of benzene rings is 1. The molecule has 4 rings (SSSR count). The van der Waals surface area contributed by atoms with Crippen LogP contribution in [-0.4, -0.2) is 39.7 Å². The van der Waals surface area contributed by atoms with Crippen LogP contribution in [0.1, 0.15) is 42.7 Å². The molecule has 2 amide bonds. The maximum absolute atomic E-state index is 13.0. The summed E-state index contributed by atoms with van der Waals surface area (Å²) >= 11 is 8.21. The van der Waals surface area contributed by atoms with Crippen LogP contribution in [-0.2, 0) is 22.6 Å². The van der Waals surface area contributed by atoms with E-state index in [-0.39, 0.29) is 11.8 Å². The lowest BCUT2D eigenvalue weighted by Crippen LogP contribution is -2.33. The summed E-state index contributed by atoms with van der Waals surface area (Å²) in [5.41, 5.74) is 2.32. The fourth-order valence-electron chi connectivity index (χ4n) is 3.58. The topological polar surface area (TPSA) is 97.3 Å². The Morgan fingerprint density at radius 3 is 2.76 bits per heavy atom. The molecule has 3 N–H and O–H groups in total. The SMILES string of the molecule is CC(=O)N1CCc2c(sc(NC(=O)C(C)Sc3ccccc3NC(=S)NC3CC3)c2C#N)C1. The van der Waals surface area contributed by atoms with Crippen molar-refractivity contribution in [3.8, 4) is 6.07 Å². The number of hydrogen-bond acceptors (Lipinski definition) is 6. The number of nitriles is 1. The molecular weight excluding hydrogens is 474 g/mol. The number of thiophene rings is 1. The smallest absolute Gasteiger partial charge is 0.238 e. The molecule has 172 valence electrons. The number of carbonyl (C=O) groups excluding carboxylic acids is 2. The second-order valence-corrected chi connectivity index (χ2v) is 11.0.